The van der Waals surface area contributed by atoms with Gasteiger partial charge < -0.3 is 24.7 Å². The first-order chi connectivity index (χ1) is 15.6. The molecule has 8 nitrogen and oxygen atoms in total. The van der Waals surface area contributed by atoms with Gasteiger partial charge in [-0.3, -0.25) is 14.2 Å². The van der Waals surface area contributed by atoms with Crippen molar-refractivity contribution < 1.29 is 19.2 Å². The predicted molar refractivity (Wildman–Crippen MR) is 122 cm³/mol. The second-order valence-corrected chi connectivity index (χ2v) is 8.62. The first-order valence-electron chi connectivity index (χ1n) is 10.9. The number of likely N-dealkylation sites (tertiary alicyclic amines) is 1. The van der Waals surface area contributed by atoms with Gasteiger partial charge in [0.1, 0.15) is 0 Å². The fraction of sp³-hybridized carbons (Fsp3) is 0.348. The Kier molecular flexibility index (Phi) is 5.67. The van der Waals surface area contributed by atoms with Gasteiger partial charge in [-0.05, 0) is 36.0 Å². The maximum atomic E-state index is 13.1. The number of carbonyl (C=O) groups is 1. The van der Waals surface area contributed by atoms with Crippen molar-refractivity contribution in [3.05, 3.63) is 62.6 Å². The summed E-state index contributed by atoms with van der Waals surface area (Å²) < 4.78 is 12.6. The minimum Gasteiger partial charge on any atom is -0.454 e. The van der Waals surface area contributed by atoms with Crippen molar-refractivity contribution in [1.29, 1.82) is 0 Å². The van der Waals surface area contributed by atoms with Gasteiger partial charge in [0, 0.05) is 24.5 Å². The number of carbonyl (C=O) groups excluding carboxylic acids is 1. The van der Waals surface area contributed by atoms with Crippen LogP contribution in [0.5, 0.6) is 11.5 Å². The summed E-state index contributed by atoms with van der Waals surface area (Å²) in [6.45, 7) is 4.48. The fourth-order valence-electron chi connectivity index (χ4n) is 4.31. The molecular weight excluding hydrogens is 428 g/mol. The average Bonchev–Trinajstić information content (AvgIpc) is 3.47. The van der Waals surface area contributed by atoms with Gasteiger partial charge in [-0.2, -0.15) is 0 Å². The van der Waals surface area contributed by atoms with Crippen LogP contribution in [0, 0.1) is 4.77 Å². The number of rotatable bonds is 6. The molecule has 3 heterocycles. The van der Waals surface area contributed by atoms with Gasteiger partial charge in [-0.1, -0.05) is 12.1 Å². The molecule has 0 aliphatic carbocycles. The molecule has 0 radical (unpaired) electrons. The Morgan fingerprint density at radius 2 is 1.84 bits per heavy atom. The molecule has 5 rings (SSSR count). The van der Waals surface area contributed by atoms with Gasteiger partial charge in [0.2, 0.25) is 6.79 Å². The van der Waals surface area contributed by atoms with Crippen molar-refractivity contribution in [2.24, 2.45) is 0 Å². The summed E-state index contributed by atoms with van der Waals surface area (Å²) in [4.78, 5) is 30.1. The molecule has 1 amide bonds. The monoisotopic (exact) mass is 453 g/mol. The molecule has 2 aromatic carbocycles. The standard InChI is InChI=1S/C23H24N4O4S/c28-21(24-7-10-26-8-1-2-9-26)16-5-3-15(4-6-16)13-27-22(29)17-11-19-20(31-14-30-19)12-18(17)25-23(27)32/h3-6,11-12H,1-2,7-10,13-14H2,(H,24,28)(H,25,32)/p+1. The third kappa shape index (κ3) is 4.13. The highest BCUT2D eigenvalue weighted by atomic mass is 32.1. The molecular formula is C23H25N4O4S+. The summed E-state index contributed by atoms with van der Waals surface area (Å²) in [5.41, 5.74) is 1.90. The van der Waals surface area contributed by atoms with Crippen LogP contribution in [0.25, 0.3) is 10.9 Å². The molecule has 32 heavy (non-hydrogen) atoms. The highest BCUT2D eigenvalue weighted by Crippen LogP contribution is 2.34. The Balaban J connectivity index is 1.30. The SMILES string of the molecule is O=C(NCC[NH+]1CCCC1)c1ccc(Cn2c(=S)[nH]c3cc4c(cc3c2=O)OCO4)cc1. The van der Waals surface area contributed by atoms with Gasteiger partial charge in [-0.25, -0.2) is 0 Å². The summed E-state index contributed by atoms with van der Waals surface area (Å²) in [5.74, 6) is 1.07. The first-order valence-corrected chi connectivity index (χ1v) is 11.3. The quantitative estimate of drug-likeness (QED) is 0.489. The molecule has 0 bridgehead atoms. The Labute approximate surface area is 189 Å². The van der Waals surface area contributed by atoms with Gasteiger partial charge in [0.15, 0.2) is 16.3 Å². The number of aromatic amines is 1. The van der Waals surface area contributed by atoms with Crippen LogP contribution in [0.15, 0.2) is 41.2 Å². The fourth-order valence-corrected chi connectivity index (χ4v) is 4.57. The van der Waals surface area contributed by atoms with Crippen molar-refractivity contribution in [2.75, 3.05) is 33.0 Å². The van der Waals surface area contributed by atoms with E-state index in [1.165, 1.54) is 30.5 Å². The van der Waals surface area contributed by atoms with Crippen molar-refractivity contribution in [2.45, 2.75) is 19.4 Å². The third-order valence-electron chi connectivity index (χ3n) is 6.11. The molecule has 0 atom stereocenters. The van der Waals surface area contributed by atoms with E-state index in [0.717, 1.165) is 12.1 Å². The molecule has 0 spiro atoms. The predicted octanol–water partition coefficient (Wildman–Crippen LogP) is 1.24. The summed E-state index contributed by atoms with van der Waals surface area (Å²) in [6, 6.07) is 10.7. The highest BCUT2D eigenvalue weighted by molar-refractivity contribution is 7.71. The number of ether oxygens (including phenoxy) is 2. The lowest BCUT2D eigenvalue weighted by molar-refractivity contribution is -0.886. The smallest absolute Gasteiger partial charge is 0.262 e. The number of nitrogens with one attached hydrogen (secondary N) is 3. The minimum atomic E-state index is -0.201. The molecule has 2 aliphatic rings. The number of hydrogen-bond acceptors (Lipinski definition) is 5. The molecule has 166 valence electrons. The van der Waals surface area contributed by atoms with E-state index in [0.29, 0.717) is 45.8 Å². The molecule has 9 heteroatoms. The lowest BCUT2D eigenvalue weighted by Crippen LogP contribution is -3.10. The number of hydrogen-bond donors (Lipinski definition) is 3. The van der Waals surface area contributed by atoms with Gasteiger partial charge >= 0.3 is 0 Å². The van der Waals surface area contributed by atoms with Gasteiger partial charge in [0.25, 0.3) is 11.5 Å². The Morgan fingerprint density at radius 3 is 2.59 bits per heavy atom. The van der Waals surface area contributed by atoms with Crippen LogP contribution in [-0.2, 0) is 6.54 Å². The Bertz CT molecular complexity index is 1280. The Hall–Kier alpha value is -3.17. The zero-order valence-electron chi connectivity index (χ0n) is 17.6. The number of nitrogens with zero attached hydrogens (tertiary/aromatic N) is 1. The van der Waals surface area contributed by atoms with E-state index in [-0.39, 0.29) is 18.3 Å². The molecule has 1 aromatic heterocycles. The first kappa shape index (κ1) is 20.7. The van der Waals surface area contributed by atoms with Crippen LogP contribution in [0.4, 0.5) is 0 Å². The average molecular weight is 454 g/mol. The molecule has 2 aliphatic heterocycles. The maximum Gasteiger partial charge on any atom is 0.262 e. The molecule has 3 N–H and O–H groups in total. The second-order valence-electron chi connectivity index (χ2n) is 8.23. The normalized spacial score (nSPS) is 15.4. The van der Waals surface area contributed by atoms with Crippen LogP contribution < -0.4 is 25.2 Å². The highest BCUT2D eigenvalue weighted by Gasteiger charge is 2.18. The van der Waals surface area contributed by atoms with Gasteiger partial charge in [0.05, 0.1) is 43.6 Å². The summed E-state index contributed by atoms with van der Waals surface area (Å²) in [5, 5.41) is 3.48. The van der Waals surface area contributed by atoms with Crippen molar-refractivity contribution in [3.63, 3.8) is 0 Å². The third-order valence-corrected chi connectivity index (χ3v) is 6.43. The number of H-pyrrole nitrogens is 1. The number of fused-ring (bicyclic) bond motifs is 2. The van der Waals surface area contributed by atoms with Crippen LogP contribution in [0.2, 0.25) is 0 Å². The van der Waals surface area contributed by atoms with Crippen molar-refractivity contribution in [3.8, 4) is 11.5 Å². The minimum absolute atomic E-state index is 0.0774. The molecule has 0 saturated carbocycles. The van der Waals surface area contributed by atoms with Crippen LogP contribution in [0.1, 0.15) is 28.8 Å². The van der Waals surface area contributed by atoms with Gasteiger partial charge in [-0.15, -0.1) is 0 Å². The summed E-state index contributed by atoms with van der Waals surface area (Å²) in [7, 11) is 0. The number of benzene rings is 2. The van der Waals surface area contributed by atoms with E-state index in [1.807, 2.05) is 12.1 Å². The summed E-state index contributed by atoms with van der Waals surface area (Å²) in [6.07, 6.45) is 2.55. The molecule has 3 aromatic rings. The zero-order chi connectivity index (χ0) is 22.1. The van der Waals surface area contributed by atoms with E-state index >= 15 is 0 Å². The van der Waals surface area contributed by atoms with Crippen LogP contribution in [-0.4, -0.2) is 48.4 Å². The van der Waals surface area contributed by atoms with Crippen molar-refractivity contribution in [1.82, 2.24) is 14.9 Å². The van der Waals surface area contributed by atoms with E-state index in [4.69, 9.17) is 21.7 Å². The molecule has 1 fully saturated rings. The number of aromatic nitrogens is 2. The second kappa shape index (κ2) is 8.76. The van der Waals surface area contributed by atoms with E-state index in [9.17, 15) is 9.59 Å². The maximum absolute atomic E-state index is 13.1. The topological polar surface area (TPSA) is 89.8 Å². The summed E-state index contributed by atoms with van der Waals surface area (Å²) >= 11 is 5.42. The number of amides is 1. The van der Waals surface area contributed by atoms with E-state index in [1.54, 1.807) is 29.2 Å². The van der Waals surface area contributed by atoms with E-state index < -0.39 is 0 Å². The zero-order valence-corrected chi connectivity index (χ0v) is 18.4. The number of quaternary nitrogens is 1. The van der Waals surface area contributed by atoms with Crippen molar-refractivity contribution >= 4 is 29.0 Å². The Morgan fingerprint density at radius 1 is 1.12 bits per heavy atom. The van der Waals surface area contributed by atoms with Crippen LogP contribution >= 0.6 is 12.2 Å². The van der Waals surface area contributed by atoms with Crippen LogP contribution in [0.3, 0.4) is 0 Å². The lowest BCUT2D eigenvalue weighted by Gasteiger charge is -2.12. The largest absolute Gasteiger partial charge is 0.454 e. The molecule has 0 unspecified atom stereocenters. The van der Waals surface area contributed by atoms with E-state index in [2.05, 4.69) is 10.3 Å². The molecule has 1 saturated heterocycles. The lowest BCUT2D eigenvalue weighted by atomic mass is 10.1.